The van der Waals surface area contributed by atoms with Crippen LogP contribution in [0.4, 0.5) is 0 Å². The molecule has 18 heavy (non-hydrogen) atoms. The van der Waals surface area contributed by atoms with Gasteiger partial charge in [-0.3, -0.25) is 13.8 Å². The maximum Gasteiger partial charge on any atom is 0.307 e. The Kier molecular flexibility index (Phi) is 5.03. The highest BCUT2D eigenvalue weighted by molar-refractivity contribution is 7.86. The van der Waals surface area contributed by atoms with E-state index in [4.69, 9.17) is 5.11 Å². The van der Waals surface area contributed by atoms with Crippen LogP contribution in [0.1, 0.15) is 12.5 Å². The van der Waals surface area contributed by atoms with Crippen molar-refractivity contribution in [3.05, 3.63) is 29.8 Å². The van der Waals surface area contributed by atoms with Gasteiger partial charge in [0.15, 0.2) is 0 Å². The highest BCUT2D eigenvalue weighted by Gasteiger charge is 2.20. The molecule has 2 N–H and O–H groups in total. The van der Waals surface area contributed by atoms with Crippen molar-refractivity contribution in [3.8, 4) is 0 Å². The van der Waals surface area contributed by atoms with E-state index in [1.54, 1.807) is 31.2 Å². The first-order valence-corrected chi connectivity index (χ1v) is 6.60. The molecule has 0 aromatic heterocycles. The first-order chi connectivity index (χ1) is 8.45. The summed E-state index contributed by atoms with van der Waals surface area (Å²) in [5, 5.41) is 10.4. The van der Waals surface area contributed by atoms with E-state index in [0.29, 0.717) is 10.5 Å². The molecule has 6 heteroatoms. The summed E-state index contributed by atoms with van der Waals surface area (Å²) in [6, 6.07) is 6.40. The molecule has 0 aliphatic carbocycles. The summed E-state index contributed by atoms with van der Waals surface area (Å²) in [7, 11) is 0.0535. The molecule has 2 atom stereocenters. The molecule has 1 rings (SSSR count). The lowest BCUT2D eigenvalue weighted by molar-refractivity contribution is -0.136. The second-order valence-electron chi connectivity index (χ2n) is 3.77. The molecular weight excluding hydrogens is 254 g/mol. The molecule has 0 spiro atoms. The number of aliphatic carboxylic acids is 1. The van der Waals surface area contributed by atoms with Gasteiger partial charge in [-0.1, -0.05) is 12.1 Å². The fourth-order valence-electron chi connectivity index (χ4n) is 1.42. The predicted octanol–water partition coefficient (Wildman–Crippen LogP) is 0.556. The molecule has 0 fully saturated rings. The molecule has 0 aliphatic rings. The molecule has 0 bridgehead atoms. The number of carbonyl (C=O) groups excluding carboxylic acids is 1. The molecule has 0 radical (unpaired) electrons. The molecule has 98 valence electrons. The monoisotopic (exact) mass is 269 g/mol. The average Bonchev–Trinajstić information content (AvgIpc) is 2.36. The molecule has 1 aromatic rings. The van der Waals surface area contributed by atoms with Crippen molar-refractivity contribution in [1.29, 1.82) is 0 Å². The van der Waals surface area contributed by atoms with Crippen LogP contribution < -0.4 is 5.32 Å². The lowest BCUT2D eigenvalue weighted by Gasteiger charge is -2.10. The van der Waals surface area contributed by atoms with Crippen LogP contribution in [0.15, 0.2) is 29.2 Å². The fourth-order valence-corrected chi connectivity index (χ4v) is 2.55. The zero-order chi connectivity index (χ0) is 13.7. The van der Waals surface area contributed by atoms with E-state index in [2.05, 4.69) is 5.32 Å². The Balaban J connectivity index is 2.82. The number of carboxylic acids is 1. The number of hydrogen-bond acceptors (Lipinski definition) is 3. The number of nitrogens with one attached hydrogen (secondary N) is 1. The van der Waals surface area contributed by atoms with E-state index >= 15 is 0 Å². The Hall–Kier alpha value is -1.69. The minimum atomic E-state index is -1.44. The number of benzene rings is 1. The van der Waals surface area contributed by atoms with Gasteiger partial charge in [0.25, 0.3) is 0 Å². The Morgan fingerprint density at radius 1 is 1.33 bits per heavy atom. The van der Waals surface area contributed by atoms with Crippen LogP contribution in [0.2, 0.25) is 0 Å². The first-order valence-electron chi connectivity index (χ1n) is 5.38. The second-order valence-corrected chi connectivity index (χ2v) is 5.54. The summed E-state index contributed by atoms with van der Waals surface area (Å²) in [6.07, 6.45) is -0.0715. The summed E-state index contributed by atoms with van der Waals surface area (Å²) in [5.41, 5.74) is 0.635. The van der Waals surface area contributed by atoms with E-state index in [9.17, 15) is 13.8 Å². The van der Waals surface area contributed by atoms with Gasteiger partial charge in [-0.15, -0.1) is 0 Å². The smallest absolute Gasteiger partial charge is 0.307 e. The quantitative estimate of drug-likeness (QED) is 0.818. The van der Waals surface area contributed by atoms with Crippen LogP contribution >= 0.6 is 0 Å². The van der Waals surface area contributed by atoms with Crippen molar-refractivity contribution >= 4 is 22.7 Å². The molecule has 0 aliphatic heterocycles. The summed E-state index contributed by atoms with van der Waals surface area (Å²) in [4.78, 5) is 22.4. The normalized spacial score (nSPS) is 13.7. The van der Waals surface area contributed by atoms with E-state index < -0.39 is 22.0 Å². The van der Waals surface area contributed by atoms with Gasteiger partial charge in [-0.05, 0) is 24.6 Å². The molecule has 1 aromatic carbocycles. The van der Waals surface area contributed by atoms with Crippen molar-refractivity contribution in [1.82, 2.24) is 5.32 Å². The fraction of sp³-hybridized carbons (Fsp3) is 0.333. The van der Waals surface area contributed by atoms with Crippen LogP contribution in [-0.4, -0.2) is 33.5 Å². The second kappa shape index (κ2) is 6.30. The van der Waals surface area contributed by atoms with Crippen molar-refractivity contribution in [2.24, 2.45) is 0 Å². The third kappa shape index (κ3) is 3.66. The van der Waals surface area contributed by atoms with Gasteiger partial charge in [0.05, 0.1) is 17.2 Å². The summed E-state index contributed by atoms with van der Waals surface area (Å²) in [5.74, 6) is -1.20. The molecule has 2 unspecified atom stereocenters. The zero-order valence-corrected chi connectivity index (χ0v) is 11.0. The van der Waals surface area contributed by atoms with Crippen LogP contribution in [-0.2, 0) is 26.8 Å². The SMILES string of the molecule is CNC(=O)C(C)S(=O)c1ccc(CC(=O)O)cc1. The van der Waals surface area contributed by atoms with Crippen molar-refractivity contribution in [2.75, 3.05) is 7.05 Å². The van der Waals surface area contributed by atoms with Crippen LogP contribution in [0.25, 0.3) is 0 Å². The number of hydrogen-bond donors (Lipinski definition) is 2. The average molecular weight is 269 g/mol. The van der Waals surface area contributed by atoms with E-state index in [0.717, 1.165) is 0 Å². The topological polar surface area (TPSA) is 83.5 Å². The van der Waals surface area contributed by atoms with Crippen LogP contribution in [0.5, 0.6) is 0 Å². The van der Waals surface area contributed by atoms with Gasteiger partial charge in [0.2, 0.25) is 5.91 Å². The predicted molar refractivity (Wildman–Crippen MR) is 67.7 cm³/mol. The minimum Gasteiger partial charge on any atom is -0.481 e. The molecule has 0 saturated carbocycles. The van der Waals surface area contributed by atoms with Gasteiger partial charge < -0.3 is 10.4 Å². The molecule has 0 saturated heterocycles. The van der Waals surface area contributed by atoms with Gasteiger partial charge in [-0.25, -0.2) is 0 Å². The lowest BCUT2D eigenvalue weighted by atomic mass is 10.2. The number of carboxylic acid groups (broad SMARTS) is 1. The third-order valence-electron chi connectivity index (χ3n) is 2.45. The van der Waals surface area contributed by atoms with E-state index in [1.807, 2.05) is 0 Å². The molecule has 1 amide bonds. The van der Waals surface area contributed by atoms with Gasteiger partial charge in [0, 0.05) is 11.9 Å². The molecule has 5 nitrogen and oxygen atoms in total. The summed E-state index contributed by atoms with van der Waals surface area (Å²) < 4.78 is 12.0. The van der Waals surface area contributed by atoms with E-state index in [1.165, 1.54) is 7.05 Å². The first kappa shape index (κ1) is 14.4. The number of amides is 1. The van der Waals surface area contributed by atoms with Crippen molar-refractivity contribution in [3.63, 3.8) is 0 Å². The van der Waals surface area contributed by atoms with Crippen LogP contribution in [0.3, 0.4) is 0 Å². The Morgan fingerprint density at radius 3 is 2.33 bits per heavy atom. The van der Waals surface area contributed by atoms with Gasteiger partial charge in [-0.2, -0.15) is 0 Å². The molecular formula is C12H15NO4S. The van der Waals surface area contributed by atoms with Gasteiger partial charge in [0.1, 0.15) is 5.25 Å². The highest BCUT2D eigenvalue weighted by Crippen LogP contribution is 2.13. The van der Waals surface area contributed by atoms with E-state index in [-0.39, 0.29) is 12.3 Å². The summed E-state index contributed by atoms with van der Waals surface area (Å²) >= 11 is 0. The maximum atomic E-state index is 12.0. The van der Waals surface area contributed by atoms with Crippen molar-refractivity contribution in [2.45, 2.75) is 23.5 Å². The highest BCUT2D eigenvalue weighted by atomic mass is 32.2. The number of rotatable bonds is 5. The minimum absolute atomic E-state index is 0.0715. The van der Waals surface area contributed by atoms with Crippen LogP contribution in [0, 0.1) is 0 Å². The standard InChI is InChI=1S/C12H15NO4S/c1-8(12(16)13-2)18(17)10-5-3-9(4-6-10)7-11(14)15/h3-6,8H,7H2,1-2H3,(H,13,16)(H,14,15). The van der Waals surface area contributed by atoms with Gasteiger partial charge >= 0.3 is 5.97 Å². The van der Waals surface area contributed by atoms with Crippen molar-refractivity contribution < 1.29 is 18.9 Å². The largest absolute Gasteiger partial charge is 0.481 e. The zero-order valence-electron chi connectivity index (χ0n) is 10.2. The summed E-state index contributed by atoms with van der Waals surface area (Å²) in [6.45, 7) is 1.58. The Bertz CT molecular complexity index is 469. The Labute approximate surface area is 108 Å². The molecule has 0 heterocycles. The Morgan fingerprint density at radius 2 is 1.89 bits per heavy atom. The number of carbonyl (C=O) groups is 2. The maximum absolute atomic E-state index is 12.0. The lowest BCUT2D eigenvalue weighted by Crippen LogP contribution is -2.32. The third-order valence-corrected chi connectivity index (χ3v) is 4.04.